The maximum Gasteiger partial charge on any atom is 0.339 e. The summed E-state index contributed by atoms with van der Waals surface area (Å²) in [4.78, 5) is 10.9. The fraction of sp³-hybridized carbons (Fsp3) is 0.100. The minimum absolute atomic E-state index is 0.124. The first-order valence-electron chi connectivity index (χ1n) is 4.48. The molecular formula is C10H9N3O3. The highest BCUT2D eigenvalue weighted by atomic mass is 16.5. The van der Waals surface area contributed by atoms with Gasteiger partial charge >= 0.3 is 5.97 Å². The number of hydrogen-bond donors (Lipinski definition) is 1. The summed E-state index contributed by atoms with van der Waals surface area (Å²) < 4.78 is 6.67. The predicted molar refractivity (Wildman–Crippen MR) is 54.9 cm³/mol. The van der Waals surface area contributed by atoms with Gasteiger partial charge in [-0.15, -0.1) is 10.2 Å². The highest BCUT2D eigenvalue weighted by Gasteiger charge is 2.11. The van der Waals surface area contributed by atoms with Gasteiger partial charge < -0.3 is 9.84 Å². The van der Waals surface area contributed by atoms with Crippen LogP contribution < -0.4 is 4.74 Å². The lowest BCUT2D eigenvalue weighted by molar-refractivity contribution is 0.0693. The van der Waals surface area contributed by atoms with Gasteiger partial charge in [0, 0.05) is 6.07 Å². The minimum Gasteiger partial charge on any atom is -0.496 e. The molecule has 1 heterocycles. The van der Waals surface area contributed by atoms with Crippen molar-refractivity contribution in [1.82, 2.24) is 14.8 Å². The van der Waals surface area contributed by atoms with Crippen LogP contribution in [0.3, 0.4) is 0 Å². The number of carboxylic acid groups (broad SMARTS) is 1. The van der Waals surface area contributed by atoms with E-state index in [-0.39, 0.29) is 5.56 Å². The summed E-state index contributed by atoms with van der Waals surface area (Å²) in [6.45, 7) is 0. The van der Waals surface area contributed by atoms with E-state index in [1.165, 1.54) is 25.8 Å². The molecule has 0 radical (unpaired) electrons. The molecule has 0 unspecified atom stereocenters. The van der Waals surface area contributed by atoms with Gasteiger partial charge in [-0.05, 0) is 12.1 Å². The van der Waals surface area contributed by atoms with Crippen LogP contribution in [0.15, 0.2) is 30.9 Å². The zero-order valence-corrected chi connectivity index (χ0v) is 8.49. The molecule has 1 aromatic carbocycles. The molecule has 0 atom stereocenters. The Balaban J connectivity index is 2.49. The lowest BCUT2D eigenvalue weighted by atomic mass is 10.2. The molecule has 0 saturated carbocycles. The van der Waals surface area contributed by atoms with E-state index in [0.29, 0.717) is 5.75 Å². The number of benzene rings is 1. The van der Waals surface area contributed by atoms with Crippen LogP contribution in [-0.2, 0) is 0 Å². The molecular weight excluding hydrogens is 210 g/mol. The van der Waals surface area contributed by atoms with Crippen molar-refractivity contribution in [2.75, 3.05) is 7.11 Å². The Morgan fingerprint density at radius 3 is 2.62 bits per heavy atom. The van der Waals surface area contributed by atoms with Crippen LogP contribution in [0.2, 0.25) is 0 Å². The zero-order chi connectivity index (χ0) is 11.5. The highest BCUT2D eigenvalue weighted by molar-refractivity contribution is 5.91. The van der Waals surface area contributed by atoms with Gasteiger partial charge in [0.15, 0.2) is 0 Å². The first-order chi connectivity index (χ1) is 7.72. The summed E-state index contributed by atoms with van der Waals surface area (Å²) in [6, 6.07) is 4.76. The highest BCUT2D eigenvalue weighted by Crippen LogP contribution is 2.22. The minimum atomic E-state index is -1.02. The second-order valence-corrected chi connectivity index (χ2v) is 3.06. The Bertz CT molecular complexity index is 508. The molecule has 1 aromatic heterocycles. The third-order valence-corrected chi connectivity index (χ3v) is 2.13. The van der Waals surface area contributed by atoms with Crippen LogP contribution in [0.25, 0.3) is 5.69 Å². The third-order valence-electron chi connectivity index (χ3n) is 2.13. The molecule has 0 bridgehead atoms. The van der Waals surface area contributed by atoms with E-state index in [4.69, 9.17) is 9.84 Å². The van der Waals surface area contributed by atoms with E-state index in [2.05, 4.69) is 10.2 Å². The molecule has 1 N–H and O–H groups in total. The molecule has 0 aliphatic heterocycles. The van der Waals surface area contributed by atoms with Crippen LogP contribution in [0.1, 0.15) is 10.4 Å². The van der Waals surface area contributed by atoms with E-state index in [9.17, 15) is 4.79 Å². The molecule has 2 aromatic rings. The van der Waals surface area contributed by atoms with Crippen molar-refractivity contribution in [3.8, 4) is 11.4 Å². The van der Waals surface area contributed by atoms with Crippen molar-refractivity contribution in [2.45, 2.75) is 0 Å². The van der Waals surface area contributed by atoms with Gasteiger partial charge in [-0.25, -0.2) is 4.79 Å². The van der Waals surface area contributed by atoms with Gasteiger partial charge in [0.1, 0.15) is 24.0 Å². The van der Waals surface area contributed by atoms with Crippen molar-refractivity contribution in [2.24, 2.45) is 0 Å². The fourth-order valence-corrected chi connectivity index (χ4v) is 1.35. The Hall–Kier alpha value is -2.37. The lowest BCUT2D eigenvalue weighted by Gasteiger charge is -2.07. The van der Waals surface area contributed by atoms with Crippen LogP contribution in [0.4, 0.5) is 0 Å². The van der Waals surface area contributed by atoms with E-state index in [1.54, 1.807) is 16.7 Å². The number of aromatic nitrogens is 3. The zero-order valence-electron chi connectivity index (χ0n) is 8.49. The van der Waals surface area contributed by atoms with E-state index in [1.807, 2.05) is 0 Å². The normalized spacial score (nSPS) is 10.1. The first-order valence-corrected chi connectivity index (χ1v) is 4.48. The van der Waals surface area contributed by atoms with Crippen molar-refractivity contribution in [1.29, 1.82) is 0 Å². The number of hydrogen-bond acceptors (Lipinski definition) is 4. The Morgan fingerprint density at radius 2 is 2.06 bits per heavy atom. The summed E-state index contributed by atoms with van der Waals surface area (Å²) in [6.07, 6.45) is 3.05. The smallest absolute Gasteiger partial charge is 0.339 e. The number of ether oxygens (including phenoxy) is 1. The summed E-state index contributed by atoms with van der Waals surface area (Å²) in [5.41, 5.74) is 0.867. The summed E-state index contributed by atoms with van der Waals surface area (Å²) in [5.74, 6) is -0.717. The Morgan fingerprint density at radius 1 is 1.38 bits per heavy atom. The van der Waals surface area contributed by atoms with Gasteiger partial charge in [0.25, 0.3) is 0 Å². The van der Waals surface area contributed by atoms with Crippen LogP contribution in [0, 0.1) is 0 Å². The Labute approximate surface area is 91.1 Å². The molecule has 0 fully saturated rings. The summed E-state index contributed by atoms with van der Waals surface area (Å²) in [7, 11) is 1.43. The van der Waals surface area contributed by atoms with E-state index in [0.717, 1.165) is 5.69 Å². The SMILES string of the molecule is COc1cc(-n2cnnc2)ccc1C(=O)O. The number of carbonyl (C=O) groups is 1. The van der Waals surface area contributed by atoms with Crippen LogP contribution in [-0.4, -0.2) is 33.0 Å². The topological polar surface area (TPSA) is 77.2 Å². The monoisotopic (exact) mass is 219 g/mol. The predicted octanol–water partition coefficient (Wildman–Crippen LogP) is 0.974. The molecule has 0 amide bonds. The molecule has 0 spiro atoms. The molecule has 0 aliphatic rings. The number of nitrogens with zero attached hydrogens (tertiary/aromatic N) is 3. The van der Waals surface area contributed by atoms with Crippen molar-refractivity contribution < 1.29 is 14.6 Å². The molecule has 2 rings (SSSR count). The number of rotatable bonds is 3. The largest absolute Gasteiger partial charge is 0.496 e. The van der Waals surface area contributed by atoms with Crippen LogP contribution >= 0.6 is 0 Å². The maximum absolute atomic E-state index is 10.9. The quantitative estimate of drug-likeness (QED) is 0.832. The molecule has 16 heavy (non-hydrogen) atoms. The van der Waals surface area contributed by atoms with Crippen molar-refractivity contribution >= 4 is 5.97 Å². The van der Waals surface area contributed by atoms with Gasteiger partial charge in [0.2, 0.25) is 0 Å². The van der Waals surface area contributed by atoms with E-state index >= 15 is 0 Å². The molecule has 6 nitrogen and oxygen atoms in total. The van der Waals surface area contributed by atoms with Crippen molar-refractivity contribution in [3.63, 3.8) is 0 Å². The number of aromatic carboxylic acids is 1. The maximum atomic E-state index is 10.9. The standard InChI is InChI=1S/C10H9N3O3/c1-16-9-4-7(13-5-11-12-6-13)2-3-8(9)10(14)15/h2-6H,1H3,(H,14,15). The van der Waals surface area contributed by atoms with Gasteiger partial charge in [-0.3, -0.25) is 4.57 Å². The second kappa shape index (κ2) is 4.01. The lowest BCUT2D eigenvalue weighted by Crippen LogP contribution is -2.01. The summed E-state index contributed by atoms with van der Waals surface area (Å²) in [5, 5.41) is 16.2. The molecule has 82 valence electrons. The van der Waals surface area contributed by atoms with Gasteiger partial charge in [-0.1, -0.05) is 0 Å². The van der Waals surface area contributed by atoms with Crippen molar-refractivity contribution in [3.05, 3.63) is 36.4 Å². The average molecular weight is 219 g/mol. The number of carboxylic acids is 1. The van der Waals surface area contributed by atoms with Gasteiger partial charge in [0.05, 0.1) is 12.8 Å². The molecule has 0 aliphatic carbocycles. The fourth-order valence-electron chi connectivity index (χ4n) is 1.35. The third kappa shape index (κ3) is 1.72. The summed E-state index contributed by atoms with van der Waals surface area (Å²) >= 11 is 0. The van der Waals surface area contributed by atoms with Gasteiger partial charge in [-0.2, -0.15) is 0 Å². The van der Waals surface area contributed by atoms with E-state index < -0.39 is 5.97 Å². The average Bonchev–Trinajstić information content (AvgIpc) is 2.81. The molecule has 0 saturated heterocycles. The second-order valence-electron chi connectivity index (χ2n) is 3.06. The first kappa shape index (κ1) is 10.2. The Kier molecular flexibility index (Phi) is 2.55. The number of methoxy groups -OCH3 is 1. The molecule has 6 heteroatoms. The van der Waals surface area contributed by atoms with Crippen LogP contribution in [0.5, 0.6) is 5.75 Å².